The number of alkyl halides is 3. The van der Waals surface area contributed by atoms with Crippen LogP contribution in [0.4, 0.5) is 17.6 Å². The summed E-state index contributed by atoms with van der Waals surface area (Å²) in [6.07, 6.45) is -5.63. The molecule has 0 radical (unpaired) electrons. The van der Waals surface area contributed by atoms with Crippen LogP contribution in [0.5, 0.6) is 0 Å². The first-order chi connectivity index (χ1) is 6.81. The largest absolute Gasteiger partial charge is 0.390 e. The molecule has 15 heavy (non-hydrogen) atoms. The Kier molecular flexibility index (Phi) is 3.72. The number of hydrogen-bond acceptors (Lipinski definition) is 1. The van der Waals surface area contributed by atoms with Gasteiger partial charge in [-0.15, -0.1) is 0 Å². The molecule has 0 amide bonds. The molecule has 1 nitrogen and oxygen atoms in total. The molecule has 6 heteroatoms. The minimum Gasteiger partial charge on any atom is -0.324 e. The van der Waals surface area contributed by atoms with Gasteiger partial charge in [-0.2, -0.15) is 13.2 Å². The summed E-state index contributed by atoms with van der Waals surface area (Å²) < 4.78 is 49.5. The Hall–Kier alpha value is -0.620. The molecule has 0 aliphatic rings. The Balaban J connectivity index is 2.92. The van der Waals surface area contributed by atoms with Gasteiger partial charge < -0.3 is 5.73 Å². The Morgan fingerprint density at radius 2 is 1.93 bits per heavy atom. The second-order valence-corrected chi connectivity index (χ2v) is 3.92. The highest BCUT2D eigenvalue weighted by Gasteiger charge is 2.32. The number of halogens is 5. The van der Waals surface area contributed by atoms with Gasteiger partial charge >= 0.3 is 6.18 Å². The van der Waals surface area contributed by atoms with Crippen LogP contribution >= 0.6 is 15.9 Å². The van der Waals surface area contributed by atoms with Crippen LogP contribution in [0.15, 0.2) is 22.7 Å². The smallest absolute Gasteiger partial charge is 0.324 e. The third kappa shape index (κ3) is 3.46. The lowest BCUT2D eigenvalue weighted by atomic mass is 10.0. The summed E-state index contributed by atoms with van der Waals surface area (Å²) in [6.45, 7) is 0. The van der Waals surface area contributed by atoms with E-state index in [9.17, 15) is 17.6 Å². The quantitative estimate of drug-likeness (QED) is 0.827. The van der Waals surface area contributed by atoms with Crippen molar-refractivity contribution in [2.24, 2.45) is 5.73 Å². The van der Waals surface area contributed by atoms with Crippen molar-refractivity contribution in [1.29, 1.82) is 0 Å². The van der Waals surface area contributed by atoms with Crippen molar-refractivity contribution in [3.63, 3.8) is 0 Å². The van der Waals surface area contributed by atoms with E-state index in [1.165, 1.54) is 18.2 Å². The summed E-state index contributed by atoms with van der Waals surface area (Å²) >= 11 is 2.88. The zero-order valence-electron chi connectivity index (χ0n) is 7.48. The Bertz CT molecular complexity index is 350. The SMILES string of the molecule is N[C@@H](CC(F)(F)F)c1cccc(Br)c1F. The van der Waals surface area contributed by atoms with Crippen molar-refractivity contribution < 1.29 is 17.6 Å². The van der Waals surface area contributed by atoms with Crippen LogP contribution in [0.1, 0.15) is 18.0 Å². The van der Waals surface area contributed by atoms with Crippen LogP contribution in [0, 0.1) is 5.82 Å². The van der Waals surface area contributed by atoms with Crippen molar-refractivity contribution in [2.75, 3.05) is 0 Å². The first-order valence-electron chi connectivity index (χ1n) is 4.07. The standard InChI is InChI=1S/C9H8BrF4N/c10-6-3-1-2-5(8(6)11)7(15)4-9(12,13)14/h1-3,7H,4,15H2/t7-/m0/s1. The van der Waals surface area contributed by atoms with Crippen LogP contribution in [-0.2, 0) is 0 Å². The molecule has 0 spiro atoms. The number of hydrogen-bond donors (Lipinski definition) is 1. The highest BCUT2D eigenvalue weighted by molar-refractivity contribution is 9.10. The van der Waals surface area contributed by atoms with Crippen LogP contribution in [0.3, 0.4) is 0 Å². The van der Waals surface area contributed by atoms with E-state index in [-0.39, 0.29) is 10.0 Å². The molecular weight excluding hydrogens is 278 g/mol. The fourth-order valence-corrected chi connectivity index (χ4v) is 1.55. The summed E-state index contributed by atoms with van der Waals surface area (Å²) in [5.74, 6) is -0.741. The summed E-state index contributed by atoms with van der Waals surface area (Å²) in [5, 5.41) is 0. The van der Waals surface area contributed by atoms with Gasteiger partial charge in [0.15, 0.2) is 0 Å². The summed E-state index contributed by atoms with van der Waals surface area (Å²) in [7, 11) is 0. The predicted octanol–water partition coefficient (Wildman–Crippen LogP) is 3.54. The molecule has 0 unspecified atom stereocenters. The van der Waals surface area contributed by atoms with E-state index in [2.05, 4.69) is 15.9 Å². The number of rotatable bonds is 2. The fourth-order valence-electron chi connectivity index (χ4n) is 1.17. The normalized spacial score (nSPS) is 14.0. The summed E-state index contributed by atoms with van der Waals surface area (Å²) in [4.78, 5) is 0. The van der Waals surface area contributed by atoms with E-state index < -0.39 is 24.5 Å². The van der Waals surface area contributed by atoms with Crippen LogP contribution in [-0.4, -0.2) is 6.18 Å². The lowest BCUT2D eigenvalue weighted by molar-refractivity contribution is -0.138. The first kappa shape index (κ1) is 12.4. The number of benzene rings is 1. The zero-order valence-corrected chi connectivity index (χ0v) is 9.07. The van der Waals surface area contributed by atoms with Crippen molar-refractivity contribution >= 4 is 15.9 Å². The van der Waals surface area contributed by atoms with Crippen molar-refractivity contribution in [1.82, 2.24) is 0 Å². The van der Waals surface area contributed by atoms with E-state index >= 15 is 0 Å². The lowest BCUT2D eigenvalue weighted by Gasteiger charge is -2.15. The zero-order chi connectivity index (χ0) is 11.6. The van der Waals surface area contributed by atoms with E-state index in [0.717, 1.165) is 0 Å². The predicted molar refractivity (Wildman–Crippen MR) is 51.7 cm³/mol. The van der Waals surface area contributed by atoms with E-state index in [1.807, 2.05) is 0 Å². The Morgan fingerprint density at radius 1 is 1.33 bits per heavy atom. The molecule has 1 aromatic rings. The molecular formula is C9H8BrF4N. The average molecular weight is 286 g/mol. The van der Waals surface area contributed by atoms with E-state index in [0.29, 0.717) is 0 Å². The maximum Gasteiger partial charge on any atom is 0.390 e. The maximum atomic E-state index is 13.3. The maximum absolute atomic E-state index is 13.3. The first-order valence-corrected chi connectivity index (χ1v) is 4.87. The third-order valence-corrected chi connectivity index (χ3v) is 2.44. The molecule has 0 aliphatic heterocycles. The molecule has 0 saturated carbocycles. The van der Waals surface area contributed by atoms with Crippen LogP contribution in [0.25, 0.3) is 0 Å². The topological polar surface area (TPSA) is 26.0 Å². The average Bonchev–Trinajstić information content (AvgIpc) is 2.06. The molecule has 1 atom stereocenters. The highest BCUT2D eigenvalue weighted by atomic mass is 79.9. The van der Waals surface area contributed by atoms with Gasteiger partial charge in [-0.3, -0.25) is 0 Å². The molecule has 0 bridgehead atoms. The van der Waals surface area contributed by atoms with E-state index in [1.54, 1.807) is 0 Å². The van der Waals surface area contributed by atoms with Gasteiger partial charge in [-0.25, -0.2) is 4.39 Å². The summed E-state index contributed by atoms with van der Waals surface area (Å²) in [5.41, 5.74) is 5.13. The van der Waals surface area contributed by atoms with Gasteiger partial charge in [0.2, 0.25) is 0 Å². The lowest BCUT2D eigenvalue weighted by Crippen LogP contribution is -2.21. The van der Waals surface area contributed by atoms with E-state index in [4.69, 9.17) is 5.73 Å². The minimum absolute atomic E-state index is 0.109. The van der Waals surface area contributed by atoms with Crippen molar-refractivity contribution in [2.45, 2.75) is 18.6 Å². The number of nitrogens with two attached hydrogens (primary N) is 1. The molecule has 0 aromatic heterocycles. The van der Waals surface area contributed by atoms with Crippen molar-refractivity contribution in [3.8, 4) is 0 Å². The van der Waals surface area contributed by atoms with Crippen LogP contribution < -0.4 is 5.73 Å². The summed E-state index contributed by atoms with van der Waals surface area (Å²) in [6, 6.07) is 2.72. The Morgan fingerprint density at radius 3 is 2.47 bits per heavy atom. The molecule has 0 fully saturated rings. The van der Waals surface area contributed by atoms with Gasteiger partial charge in [0.1, 0.15) is 5.82 Å². The fraction of sp³-hybridized carbons (Fsp3) is 0.333. The molecule has 1 aromatic carbocycles. The van der Waals surface area contributed by atoms with Crippen LogP contribution in [0.2, 0.25) is 0 Å². The minimum atomic E-state index is -4.39. The molecule has 0 saturated heterocycles. The molecule has 84 valence electrons. The van der Waals surface area contributed by atoms with Gasteiger partial charge in [0.25, 0.3) is 0 Å². The van der Waals surface area contributed by atoms with Gasteiger partial charge in [-0.05, 0) is 22.0 Å². The Labute approximate surface area is 92.4 Å². The monoisotopic (exact) mass is 285 g/mol. The van der Waals surface area contributed by atoms with Gasteiger partial charge in [0.05, 0.1) is 10.9 Å². The third-order valence-electron chi connectivity index (χ3n) is 1.83. The molecule has 1 rings (SSSR count). The molecule has 0 aliphatic carbocycles. The highest BCUT2D eigenvalue weighted by Crippen LogP contribution is 2.30. The van der Waals surface area contributed by atoms with Gasteiger partial charge in [0, 0.05) is 11.6 Å². The molecule has 2 N–H and O–H groups in total. The van der Waals surface area contributed by atoms with Gasteiger partial charge in [-0.1, -0.05) is 12.1 Å². The second-order valence-electron chi connectivity index (χ2n) is 3.07. The molecule has 0 heterocycles. The van der Waals surface area contributed by atoms with Crippen molar-refractivity contribution in [3.05, 3.63) is 34.1 Å². The second kappa shape index (κ2) is 4.49.